The molecule has 0 aliphatic carbocycles. The summed E-state index contributed by atoms with van der Waals surface area (Å²) in [6.07, 6.45) is -3.25. The third-order valence-electron chi connectivity index (χ3n) is 4.54. The molecule has 0 aliphatic heterocycles. The summed E-state index contributed by atoms with van der Waals surface area (Å²) >= 11 is 0. The van der Waals surface area contributed by atoms with E-state index in [0.717, 1.165) is 23.3 Å². The largest absolute Gasteiger partial charge is 0.493 e. The number of nitro groups is 1. The van der Waals surface area contributed by atoms with Crippen LogP contribution in [0.15, 0.2) is 65.8 Å². The zero-order chi connectivity index (χ0) is 24.0. The van der Waals surface area contributed by atoms with Crippen LogP contribution in [0.25, 0.3) is 0 Å². The molecule has 7 nitrogen and oxygen atoms in total. The van der Waals surface area contributed by atoms with E-state index in [0.29, 0.717) is 5.56 Å². The number of rotatable bonds is 8. The van der Waals surface area contributed by atoms with Gasteiger partial charge in [0.25, 0.3) is 0 Å². The van der Waals surface area contributed by atoms with Crippen LogP contribution in [0.2, 0.25) is 0 Å². The summed E-state index contributed by atoms with van der Waals surface area (Å²) in [6, 6.07) is 14.8. The molecule has 0 fully saturated rings. The highest BCUT2D eigenvalue weighted by Gasteiger charge is 2.30. The number of benzene rings is 3. The molecule has 33 heavy (non-hydrogen) atoms. The molecule has 1 N–H and O–H groups in total. The molecule has 3 aromatic rings. The Labute approximate surface area is 187 Å². The Kier molecular flexibility index (Phi) is 7.17. The lowest BCUT2D eigenvalue weighted by atomic mass is 10.1. The van der Waals surface area contributed by atoms with E-state index < -0.39 is 16.7 Å². The van der Waals surface area contributed by atoms with Gasteiger partial charge in [0.15, 0.2) is 5.75 Å². The summed E-state index contributed by atoms with van der Waals surface area (Å²) in [4.78, 5) is 11.0. The van der Waals surface area contributed by atoms with E-state index in [2.05, 4.69) is 10.5 Å². The quantitative estimate of drug-likeness (QED) is 0.255. The maximum absolute atomic E-state index is 12.8. The fourth-order valence-electron chi connectivity index (χ4n) is 3.02. The number of nitro benzene ring substituents is 1. The fraction of sp³-hybridized carbons (Fsp3) is 0.174. The lowest BCUT2D eigenvalue weighted by molar-refractivity contribution is -0.386. The van der Waals surface area contributed by atoms with Crippen molar-refractivity contribution in [1.82, 2.24) is 0 Å². The fourth-order valence-corrected chi connectivity index (χ4v) is 3.02. The van der Waals surface area contributed by atoms with Crippen LogP contribution in [0.4, 0.5) is 24.5 Å². The molecule has 0 aromatic heterocycles. The minimum Gasteiger partial charge on any atom is -0.493 e. The molecule has 0 spiro atoms. The van der Waals surface area contributed by atoms with Gasteiger partial charge in [0.2, 0.25) is 5.75 Å². The zero-order valence-corrected chi connectivity index (χ0v) is 17.7. The number of hydrogen-bond donors (Lipinski definition) is 1. The van der Waals surface area contributed by atoms with E-state index in [1.165, 1.54) is 37.6 Å². The third-order valence-corrected chi connectivity index (χ3v) is 4.54. The normalized spacial score (nSPS) is 11.4. The number of nitrogens with one attached hydrogen (secondary N) is 1. The Bertz CT molecular complexity index is 1180. The first-order valence-electron chi connectivity index (χ1n) is 9.68. The van der Waals surface area contributed by atoms with Crippen LogP contribution >= 0.6 is 0 Å². The van der Waals surface area contributed by atoms with Crippen LogP contribution < -0.4 is 14.9 Å². The highest BCUT2D eigenvalue weighted by Crippen LogP contribution is 2.38. The van der Waals surface area contributed by atoms with Gasteiger partial charge in [-0.05, 0) is 36.8 Å². The van der Waals surface area contributed by atoms with Crippen LogP contribution in [-0.4, -0.2) is 18.2 Å². The molecule has 10 heteroatoms. The van der Waals surface area contributed by atoms with Crippen LogP contribution in [0, 0.1) is 17.0 Å². The number of nitrogens with zero attached hydrogens (tertiary/aromatic N) is 2. The second kappa shape index (κ2) is 10.0. The van der Waals surface area contributed by atoms with Gasteiger partial charge in [0, 0.05) is 11.6 Å². The van der Waals surface area contributed by atoms with Crippen molar-refractivity contribution in [2.75, 3.05) is 12.5 Å². The monoisotopic (exact) mass is 459 g/mol. The van der Waals surface area contributed by atoms with E-state index in [1.807, 2.05) is 31.2 Å². The average Bonchev–Trinajstić information content (AvgIpc) is 2.77. The number of aryl methyl sites for hydroxylation is 1. The molecule has 0 aliphatic rings. The summed E-state index contributed by atoms with van der Waals surface area (Å²) in [5.41, 5.74) is 3.60. The maximum atomic E-state index is 12.8. The van der Waals surface area contributed by atoms with Gasteiger partial charge in [-0.15, -0.1) is 0 Å². The first-order chi connectivity index (χ1) is 15.7. The average molecular weight is 459 g/mol. The second-order valence-electron chi connectivity index (χ2n) is 7.05. The number of anilines is 1. The number of alkyl halides is 3. The topological polar surface area (TPSA) is 86.0 Å². The van der Waals surface area contributed by atoms with E-state index in [4.69, 9.17) is 9.47 Å². The van der Waals surface area contributed by atoms with Gasteiger partial charge in [-0.25, -0.2) is 0 Å². The standard InChI is InChI=1S/C23H20F3N3O4/c1-15-5-3-6-16(9-15)14-33-22-20(29(30)31)10-17(11-21(22)32-2)13-27-28-19-8-4-7-18(12-19)23(24,25)26/h3-13,28H,14H2,1-2H3. The molecule has 3 aromatic carbocycles. The summed E-state index contributed by atoms with van der Waals surface area (Å²) in [6.45, 7) is 2.03. The van der Waals surface area contributed by atoms with Gasteiger partial charge >= 0.3 is 11.9 Å². The maximum Gasteiger partial charge on any atom is 0.416 e. The molecule has 0 amide bonds. The summed E-state index contributed by atoms with van der Waals surface area (Å²) < 4.78 is 49.5. The van der Waals surface area contributed by atoms with Gasteiger partial charge in [0.05, 0.1) is 29.5 Å². The molecule has 0 heterocycles. The van der Waals surface area contributed by atoms with Crippen LogP contribution in [0.5, 0.6) is 11.5 Å². The highest BCUT2D eigenvalue weighted by atomic mass is 19.4. The summed E-state index contributed by atoms with van der Waals surface area (Å²) in [5, 5.41) is 15.5. The van der Waals surface area contributed by atoms with Crippen molar-refractivity contribution in [3.63, 3.8) is 0 Å². The molecule has 0 atom stereocenters. The Morgan fingerprint density at radius 2 is 1.88 bits per heavy atom. The number of methoxy groups -OCH3 is 1. The van der Waals surface area contributed by atoms with Gasteiger partial charge in [-0.2, -0.15) is 18.3 Å². The van der Waals surface area contributed by atoms with Gasteiger partial charge < -0.3 is 9.47 Å². The van der Waals surface area contributed by atoms with E-state index in [9.17, 15) is 23.3 Å². The van der Waals surface area contributed by atoms with Crippen molar-refractivity contribution in [3.05, 3.63) is 93.0 Å². The lowest BCUT2D eigenvalue weighted by Crippen LogP contribution is -2.05. The van der Waals surface area contributed by atoms with Crippen molar-refractivity contribution < 1.29 is 27.6 Å². The summed E-state index contributed by atoms with van der Waals surface area (Å²) in [5.74, 6) is 0.0874. The molecule has 0 saturated carbocycles. The molecule has 0 radical (unpaired) electrons. The first kappa shape index (κ1) is 23.6. The van der Waals surface area contributed by atoms with Crippen LogP contribution in [0.3, 0.4) is 0 Å². The zero-order valence-electron chi connectivity index (χ0n) is 17.7. The van der Waals surface area contributed by atoms with E-state index in [-0.39, 0.29) is 29.5 Å². The van der Waals surface area contributed by atoms with Crippen molar-refractivity contribution in [1.29, 1.82) is 0 Å². The number of halogens is 3. The Morgan fingerprint density at radius 1 is 1.12 bits per heavy atom. The number of hydrogen-bond acceptors (Lipinski definition) is 6. The van der Waals surface area contributed by atoms with E-state index in [1.54, 1.807) is 0 Å². The minimum atomic E-state index is -4.48. The van der Waals surface area contributed by atoms with Gasteiger partial charge in [-0.3, -0.25) is 15.5 Å². The number of hydrazone groups is 1. The Morgan fingerprint density at radius 3 is 2.55 bits per heavy atom. The van der Waals surface area contributed by atoms with Crippen molar-refractivity contribution in [2.24, 2.45) is 5.10 Å². The molecular formula is C23H20F3N3O4. The molecular weight excluding hydrogens is 439 g/mol. The second-order valence-corrected chi connectivity index (χ2v) is 7.05. The summed E-state index contributed by atoms with van der Waals surface area (Å²) in [7, 11) is 1.35. The van der Waals surface area contributed by atoms with Gasteiger partial charge in [-0.1, -0.05) is 35.9 Å². The minimum absolute atomic E-state index is 0.0352. The van der Waals surface area contributed by atoms with E-state index >= 15 is 0 Å². The smallest absolute Gasteiger partial charge is 0.416 e. The Hall–Kier alpha value is -4.08. The number of ether oxygens (including phenoxy) is 2. The van der Waals surface area contributed by atoms with Crippen molar-refractivity contribution in [2.45, 2.75) is 19.7 Å². The molecule has 0 bridgehead atoms. The lowest BCUT2D eigenvalue weighted by Gasteiger charge is -2.12. The predicted octanol–water partition coefficient (Wildman–Crippen LogP) is 5.96. The molecule has 0 unspecified atom stereocenters. The predicted molar refractivity (Wildman–Crippen MR) is 118 cm³/mol. The van der Waals surface area contributed by atoms with Crippen LogP contribution in [-0.2, 0) is 12.8 Å². The van der Waals surface area contributed by atoms with Crippen molar-refractivity contribution >= 4 is 17.6 Å². The molecule has 3 rings (SSSR count). The first-order valence-corrected chi connectivity index (χ1v) is 9.68. The highest BCUT2D eigenvalue weighted by molar-refractivity contribution is 5.83. The van der Waals surface area contributed by atoms with Crippen LogP contribution in [0.1, 0.15) is 22.3 Å². The molecule has 0 saturated heterocycles. The SMILES string of the molecule is COc1cc(C=NNc2cccc(C(F)(F)F)c2)cc([N+](=O)[O-])c1OCc1cccc(C)c1. The van der Waals surface area contributed by atoms with Gasteiger partial charge in [0.1, 0.15) is 6.61 Å². The Balaban J connectivity index is 1.82. The third kappa shape index (κ3) is 6.22. The molecule has 172 valence electrons. The van der Waals surface area contributed by atoms with Crippen molar-refractivity contribution in [3.8, 4) is 11.5 Å².